The van der Waals surface area contributed by atoms with Crippen LogP contribution in [0.1, 0.15) is 11.4 Å². The molecule has 138 valence electrons. The molecule has 0 aliphatic carbocycles. The van der Waals surface area contributed by atoms with Gasteiger partial charge in [0.05, 0.1) is 6.54 Å². The maximum Gasteiger partial charge on any atom is 0.191 e. The van der Waals surface area contributed by atoms with E-state index in [-0.39, 0.29) is 29.8 Å². The molecule has 6 nitrogen and oxygen atoms in total. The predicted molar refractivity (Wildman–Crippen MR) is 112 cm³/mol. The number of aliphatic imine (C=N–C) groups is 1. The van der Waals surface area contributed by atoms with Crippen molar-refractivity contribution in [1.82, 2.24) is 25.2 Å². The van der Waals surface area contributed by atoms with Crippen LogP contribution in [-0.4, -0.2) is 34.2 Å². The molecule has 3 rings (SSSR count). The lowest BCUT2D eigenvalue weighted by molar-refractivity contribution is 0.606. The maximum atomic E-state index is 13.8. The van der Waals surface area contributed by atoms with E-state index in [2.05, 4.69) is 25.8 Å². The van der Waals surface area contributed by atoms with Gasteiger partial charge in [-0.3, -0.25) is 9.39 Å². The van der Waals surface area contributed by atoms with Gasteiger partial charge in [0.25, 0.3) is 0 Å². The van der Waals surface area contributed by atoms with Crippen molar-refractivity contribution in [3.63, 3.8) is 0 Å². The second-order valence-electron chi connectivity index (χ2n) is 5.35. The van der Waals surface area contributed by atoms with Gasteiger partial charge >= 0.3 is 0 Å². The summed E-state index contributed by atoms with van der Waals surface area (Å²) in [6, 6.07) is 10.4. The minimum atomic E-state index is -0.299. The van der Waals surface area contributed by atoms with Crippen molar-refractivity contribution in [3.05, 3.63) is 64.8 Å². The second kappa shape index (κ2) is 9.67. The molecule has 0 spiro atoms. The van der Waals surface area contributed by atoms with Crippen LogP contribution in [0.4, 0.5) is 4.39 Å². The predicted octanol–water partition coefficient (Wildman–Crippen LogP) is 3.05. The normalized spacial score (nSPS) is 11.3. The SMILES string of the molecule is CN=C(NCCc1c(F)cccc1Cl)NCc1nnc2ccccn12.I. The minimum Gasteiger partial charge on any atom is -0.356 e. The van der Waals surface area contributed by atoms with Crippen LogP contribution in [0.25, 0.3) is 5.65 Å². The van der Waals surface area contributed by atoms with E-state index in [1.54, 1.807) is 19.2 Å². The molecular weight excluding hydrogens is 470 g/mol. The molecule has 0 atom stereocenters. The molecule has 0 saturated carbocycles. The van der Waals surface area contributed by atoms with Crippen LogP contribution in [0, 0.1) is 5.82 Å². The summed E-state index contributed by atoms with van der Waals surface area (Å²) in [7, 11) is 1.67. The van der Waals surface area contributed by atoms with Crippen molar-refractivity contribution in [2.45, 2.75) is 13.0 Å². The van der Waals surface area contributed by atoms with Crippen molar-refractivity contribution >= 4 is 47.2 Å². The van der Waals surface area contributed by atoms with Gasteiger partial charge in [0, 0.05) is 30.4 Å². The van der Waals surface area contributed by atoms with Gasteiger partial charge in [-0.25, -0.2) is 4.39 Å². The number of aromatic nitrogens is 3. The lowest BCUT2D eigenvalue weighted by atomic mass is 10.1. The zero-order chi connectivity index (χ0) is 17.6. The Hall–Kier alpha value is -1.94. The summed E-state index contributed by atoms with van der Waals surface area (Å²) in [5.41, 5.74) is 1.28. The third-order valence-corrected chi connectivity index (χ3v) is 4.11. The van der Waals surface area contributed by atoms with Crippen LogP contribution in [0.3, 0.4) is 0 Å². The number of rotatable bonds is 5. The van der Waals surface area contributed by atoms with Crippen LogP contribution in [0.2, 0.25) is 5.02 Å². The van der Waals surface area contributed by atoms with Gasteiger partial charge in [0.2, 0.25) is 0 Å². The summed E-state index contributed by atoms with van der Waals surface area (Å²) in [4.78, 5) is 4.15. The summed E-state index contributed by atoms with van der Waals surface area (Å²) < 4.78 is 15.7. The van der Waals surface area contributed by atoms with Gasteiger partial charge < -0.3 is 10.6 Å². The number of hydrogen-bond acceptors (Lipinski definition) is 3. The highest BCUT2D eigenvalue weighted by atomic mass is 127. The number of pyridine rings is 1. The molecule has 3 aromatic rings. The highest BCUT2D eigenvalue weighted by Crippen LogP contribution is 2.18. The first-order valence-electron chi connectivity index (χ1n) is 7.85. The molecule has 9 heteroatoms. The van der Waals surface area contributed by atoms with Gasteiger partial charge in [-0.2, -0.15) is 0 Å². The van der Waals surface area contributed by atoms with Crippen LogP contribution >= 0.6 is 35.6 Å². The second-order valence-corrected chi connectivity index (χ2v) is 5.76. The number of benzene rings is 1. The zero-order valence-electron chi connectivity index (χ0n) is 14.1. The Morgan fingerprint density at radius 1 is 1.19 bits per heavy atom. The standard InChI is InChI=1S/C17H18ClFN6.HI/c1-20-17(21-9-8-12-13(18)5-4-6-14(12)19)22-11-16-24-23-15-7-2-3-10-25(15)16;/h2-7,10H,8-9,11H2,1H3,(H2,20,21,22);1H. The third-order valence-electron chi connectivity index (χ3n) is 3.75. The highest BCUT2D eigenvalue weighted by Gasteiger charge is 2.08. The fraction of sp³-hybridized carbons (Fsp3) is 0.235. The minimum absolute atomic E-state index is 0. The monoisotopic (exact) mass is 488 g/mol. The molecule has 26 heavy (non-hydrogen) atoms. The van der Waals surface area contributed by atoms with E-state index in [4.69, 9.17) is 11.6 Å². The van der Waals surface area contributed by atoms with Crippen LogP contribution in [0.15, 0.2) is 47.6 Å². The zero-order valence-corrected chi connectivity index (χ0v) is 17.2. The molecule has 2 N–H and O–H groups in total. The van der Waals surface area contributed by atoms with Gasteiger partial charge in [0.15, 0.2) is 17.4 Å². The van der Waals surface area contributed by atoms with Crippen LogP contribution in [-0.2, 0) is 13.0 Å². The summed E-state index contributed by atoms with van der Waals surface area (Å²) in [5.74, 6) is 1.07. The van der Waals surface area contributed by atoms with Crippen molar-refractivity contribution in [3.8, 4) is 0 Å². The molecule has 0 unspecified atom stereocenters. The number of nitrogens with zero attached hydrogens (tertiary/aromatic N) is 4. The lowest BCUT2D eigenvalue weighted by Crippen LogP contribution is -2.38. The maximum absolute atomic E-state index is 13.8. The number of fused-ring (bicyclic) bond motifs is 1. The van der Waals surface area contributed by atoms with E-state index in [0.29, 0.717) is 36.1 Å². The first-order valence-corrected chi connectivity index (χ1v) is 8.23. The Kier molecular flexibility index (Phi) is 7.58. The quantitative estimate of drug-likeness (QED) is 0.329. The number of halogens is 3. The fourth-order valence-electron chi connectivity index (χ4n) is 2.47. The Bertz CT molecular complexity index is 878. The largest absolute Gasteiger partial charge is 0.356 e. The third kappa shape index (κ3) is 4.82. The molecule has 0 aliphatic rings. The average Bonchev–Trinajstić information content (AvgIpc) is 3.03. The molecule has 0 saturated heterocycles. The number of guanidine groups is 1. The van der Waals surface area contributed by atoms with E-state index in [1.807, 2.05) is 28.8 Å². The Labute approximate surface area is 172 Å². The molecule has 0 fully saturated rings. The number of hydrogen-bond donors (Lipinski definition) is 2. The summed E-state index contributed by atoms with van der Waals surface area (Å²) >= 11 is 6.03. The molecule has 2 heterocycles. The summed E-state index contributed by atoms with van der Waals surface area (Å²) in [6.07, 6.45) is 2.36. The average molecular weight is 489 g/mol. The van der Waals surface area contributed by atoms with Crippen molar-refractivity contribution in [2.24, 2.45) is 4.99 Å². The lowest BCUT2D eigenvalue weighted by Gasteiger charge is -2.12. The summed E-state index contributed by atoms with van der Waals surface area (Å²) in [5, 5.41) is 15.0. The molecule has 0 bridgehead atoms. The van der Waals surface area contributed by atoms with Crippen molar-refractivity contribution < 1.29 is 4.39 Å². The van der Waals surface area contributed by atoms with Crippen molar-refractivity contribution in [2.75, 3.05) is 13.6 Å². The van der Waals surface area contributed by atoms with Gasteiger partial charge in [0.1, 0.15) is 5.82 Å². The topological polar surface area (TPSA) is 66.6 Å². The van der Waals surface area contributed by atoms with Crippen LogP contribution in [0.5, 0.6) is 0 Å². The van der Waals surface area contributed by atoms with Gasteiger partial charge in [-0.1, -0.05) is 23.7 Å². The van der Waals surface area contributed by atoms with E-state index in [0.717, 1.165) is 11.5 Å². The molecule has 0 amide bonds. The van der Waals surface area contributed by atoms with E-state index in [9.17, 15) is 4.39 Å². The first kappa shape index (κ1) is 20.4. The Morgan fingerprint density at radius 2 is 2.04 bits per heavy atom. The molecule has 1 aromatic carbocycles. The fourth-order valence-corrected chi connectivity index (χ4v) is 2.73. The molecule has 0 radical (unpaired) electrons. The van der Waals surface area contributed by atoms with E-state index in [1.165, 1.54) is 6.07 Å². The Morgan fingerprint density at radius 3 is 2.81 bits per heavy atom. The molecular formula is C17H19ClFIN6. The molecule has 0 aliphatic heterocycles. The van der Waals surface area contributed by atoms with Crippen LogP contribution < -0.4 is 10.6 Å². The van der Waals surface area contributed by atoms with E-state index >= 15 is 0 Å². The first-order chi connectivity index (χ1) is 12.2. The molecule has 2 aromatic heterocycles. The highest BCUT2D eigenvalue weighted by molar-refractivity contribution is 14.0. The number of nitrogens with one attached hydrogen (secondary N) is 2. The Balaban J connectivity index is 0.00000243. The smallest absolute Gasteiger partial charge is 0.191 e. The van der Waals surface area contributed by atoms with Gasteiger partial charge in [-0.15, -0.1) is 34.2 Å². The summed E-state index contributed by atoms with van der Waals surface area (Å²) in [6.45, 7) is 0.964. The van der Waals surface area contributed by atoms with Crippen molar-refractivity contribution in [1.29, 1.82) is 0 Å². The van der Waals surface area contributed by atoms with Gasteiger partial charge in [-0.05, 0) is 30.7 Å². The van der Waals surface area contributed by atoms with E-state index < -0.39 is 0 Å².